The van der Waals surface area contributed by atoms with Gasteiger partial charge in [-0.1, -0.05) is 30.3 Å². The largest absolute Gasteiger partial charge is 0.466 e. The summed E-state index contributed by atoms with van der Waals surface area (Å²) in [7, 11) is 1.87. The summed E-state index contributed by atoms with van der Waals surface area (Å²) in [4.78, 5) is 11.3. The smallest absolute Gasteiger partial charge is 0.307 e. The molecule has 0 heterocycles. The van der Waals surface area contributed by atoms with Crippen LogP contribution in [0.25, 0.3) is 0 Å². The van der Waals surface area contributed by atoms with Crippen LogP contribution in [-0.4, -0.2) is 25.7 Å². The van der Waals surface area contributed by atoms with Crippen LogP contribution in [0.5, 0.6) is 0 Å². The van der Waals surface area contributed by atoms with Crippen molar-refractivity contribution >= 4 is 5.97 Å². The fourth-order valence-electron chi connectivity index (χ4n) is 1.60. The lowest BCUT2D eigenvalue weighted by Gasteiger charge is -2.15. The van der Waals surface area contributed by atoms with E-state index in [-0.39, 0.29) is 12.0 Å². The standard InChI is InChI=1S/C13H19NO2/c1-3-16-13(15)10-12(14-2)9-11-7-5-4-6-8-11/h4-8,12,14H,3,9-10H2,1-2H3. The molecule has 1 atom stereocenters. The van der Waals surface area contributed by atoms with Gasteiger partial charge in [0.05, 0.1) is 13.0 Å². The van der Waals surface area contributed by atoms with Crippen LogP contribution in [0.2, 0.25) is 0 Å². The number of rotatable bonds is 6. The molecule has 1 unspecified atom stereocenters. The molecule has 0 bridgehead atoms. The van der Waals surface area contributed by atoms with Crippen LogP contribution in [0.3, 0.4) is 0 Å². The van der Waals surface area contributed by atoms with E-state index < -0.39 is 0 Å². The first-order chi connectivity index (χ1) is 7.76. The number of nitrogens with one attached hydrogen (secondary N) is 1. The van der Waals surface area contributed by atoms with Gasteiger partial charge in [-0.15, -0.1) is 0 Å². The minimum absolute atomic E-state index is 0.140. The summed E-state index contributed by atoms with van der Waals surface area (Å²) in [6.45, 7) is 2.27. The van der Waals surface area contributed by atoms with E-state index in [4.69, 9.17) is 4.74 Å². The van der Waals surface area contributed by atoms with E-state index in [1.165, 1.54) is 5.56 Å². The Morgan fingerprint density at radius 2 is 2.06 bits per heavy atom. The predicted molar refractivity (Wildman–Crippen MR) is 64.2 cm³/mol. The molecule has 1 aromatic carbocycles. The van der Waals surface area contributed by atoms with Crippen molar-refractivity contribution in [3.05, 3.63) is 35.9 Å². The molecule has 3 heteroatoms. The molecule has 0 radical (unpaired) electrons. The van der Waals surface area contributed by atoms with Gasteiger partial charge in [-0.2, -0.15) is 0 Å². The number of likely N-dealkylation sites (N-methyl/N-ethyl adjacent to an activating group) is 1. The van der Waals surface area contributed by atoms with Gasteiger partial charge in [-0.3, -0.25) is 4.79 Å². The monoisotopic (exact) mass is 221 g/mol. The SMILES string of the molecule is CCOC(=O)CC(Cc1ccccc1)NC. The molecule has 0 amide bonds. The van der Waals surface area contributed by atoms with Gasteiger partial charge in [-0.25, -0.2) is 0 Å². The van der Waals surface area contributed by atoms with Crippen molar-refractivity contribution in [1.29, 1.82) is 0 Å². The molecule has 1 N–H and O–H groups in total. The van der Waals surface area contributed by atoms with Crippen molar-refractivity contribution in [1.82, 2.24) is 5.32 Å². The Morgan fingerprint density at radius 3 is 2.62 bits per heavy atom. The fourth-order valence-corrected chi connectivity index (χ4v) is 1.60. The highest BCUT2D eigenvalue weighted by molar-refractivity contribution is 5.70. The van der Waals surface area contributed by atoms with Gasteiger partial charge in [0.15, 0.2) is 0 Å². The molecule has 0 fully saturated rings. The quantitative estimate of drug-likeness (QED) is 0.744. The maximum absolute atomic E-state index is 11.3. The van der Waals surface area contributed by atoms with E-state index in [1.54, 1.807) is 0 Å². The maximum Gasteiger partial charge on any atom is 0.307 e. The van der Waals surface area contributed by atoms with Gasteiger partial charge in [0.25, 0.3) is 0 Å². The van der Waals surface area contributed by atoms with Gasteiger partial charge >= 0.3 is 5.97 Å². The van der Waals surface area contributed by atoms with Crippen LogP contribution in [-0.2, 0) is 16.0 Å². The van der Waals surface area contributed by atoms with Gasteiger partial charge in [0.2, 0.25) is 0 Å². The molecule has 0 aliphatic carbocycles. The van der Waals surface area contributed by atoms with Crippen molar-refractivity contribution in [3.8, 4) is 0 Å². The lowest BCUT2D eigenvalue weighted by molar-refractivity contribution is -0.143. The van der Waals surface area contributed by atoms with E-state index in [0.717, 1.165) is 6.42 Å². The van der Waals surface area contributed by atoms with Crippen LogP contribution in [0, 0.1) is 0 Å². The Kier molecular flexibility index (Phi) is 5.57. The molecule has 0 aliphatic heterocycles. The van der Waals surface area contributed by atoms with Gasteiger partial charge in [0, 0.05) is 6.04 Å². The molecule has 0 saturated carbocycles. The third-order valence-electron chi connectivity index (χ3n) is 2.45. The number of carbonyl (C=O) groups excluding carboxylic acids is 1. The second-order valence-corrected chi connectivity index (χ2v) is 3.68. The normalized spacial score (nSPS) is 12.1. The average Bonchev–Trinajstić information content (AvgIpc) is 2.30. The van der Waals surface area contributed by atoms with E-state index in [2.05, 4.69) is 17.4 Å². The highest BCUT2D eigenvalue weighted by Crippen LogP contribution is 2.06. The zero-order valence-electron chi connectivity index (χ0n) is 9.90. The Labute approximate surface area is 96.8 Å². The first-order valence-corrected chi connectivity index (χ1v) is 5.63. The van der Waals surface area contributed by atoms with E-state index in [0.29, 0.717) is 13.0 Å². The van der Waals surface area contributed by atoms with Crippen LogP contribution in [0.1, 0.15) is 18.9 Å². The van der Waals surface area contributed by atoms with E-state index in [9.17, 15) is 4.79 Å². The first kappa shape index (κ1) is 12.7. The molecule has 16 heavy (non-hydrogen) atoms. The number of hydrogen-bond donors (Lipinski definition) is 1. The van der Waals surface area contributed by atoms with Crippen molar-refractivity contribution in [2.24, 2.45) is 0 Å². The molecular formula is C13H19NO2. The summed E-state index contributed by atoms with van der Waals surface area (Å²) in [5.74, 6) is -0.141. The van der Waals surface area contributed by atoms with E-state index >= 15 is 0 Å². The molecule has 0 aliphatic rings. The summed E-state index contributed by atoms with van der Waals surface area (Å²) in [5, 5.41) is 3.14. The second kappa shape index (κ2) is 7.01. The Morgan fingerprint density at radius 1 is 1.38 bits per heavy atom. The molecule has 88 valence electrons. The Bertz CT molecular complexity index is 311. The predicted octanol–water partition coefficient (Wildman–Crippen LogP) is 1.77. The number of carbonyl (C=O) groups is 1. The molecular weight excluding hydrogens is 202 g/mol. The molecule has 0 saturated heterocycles. The van der Waals surface area contributed by atoms with Crippen LogP contribution >= 0.6 is 0 Å². The third-order valence-corrected chi connectivity index (χ3v) is 2.45. The highest BCUT2D eigenvalue weighted by Gasteiger charge is 2.12. The zero-order chi connectivity index (χ0) is 11.8. The van der Waals surface area contributed by atoms with E-state index in [1.807, 2.05) is 32.2 Å². The third kappa shape index (κ3) is 4.45. The molecule has 1 aromatic rings. The Balaban J connectivity index is 2.46. The summed E-state index contributed by atoms with van der Waals surface area (Å²) in [6.07, 6.45) is 1.26. The van der Waals surface area contributed by atoms with Crippen LogP contribution in [0.4, 0.5) is 0 Å². The topological polar surface area (TPSA) is 38.3 Å². The van der Waals surface area contributed by atoms with Gasteiger partial charge in [-0.05, 0) is 26.0 Å². The average molecular weight is 221 g/mol. The zero-order valence-corrected chi connectivity index (χ0v) is 9.90. The highest BCUT2D eigenvalue weighted by atomic mass is 16.5. The Hall–Kier alpha value is -1.35. The molecule has 3 nitrogen and oxygen atoms in total. The number of benzene rings is 1. The minimum Gasteiger partial charge on any atom is -0.466 e. The lowest BCUT2D eigenvalue weighted by atomic mass is 10.0. The van der Waals surface area contributed by atoms with Crippen LogP contribution < -0.4 is 5.32 Å². The summed E-state index contributed by atoms with van der Waals surface area (Å²) >= 11 is 0. The maximum atomic E-state index is 11.3. The van der Waals surface area contributed by atoms with Gasteiger partial charge < -0.3 is 10.1 Å². The number of esters is 1. The number of ether oxygens (including phenoxy) is 1. The van der Waals surface area contributed by atoms with Crippen molar-refractivity contribution in [2.75, 3.05) is 13.7 Å². The summed E-state index contributed by atoms with van der Waals surface area (Å²) in [6, 6.07) is 10.3. The van der Waals surface area contributed by atoms with Crippen LogP contribution in [0.15, 0.2) is 30.3 Å². The van der Waals surface area contributed by atoms with Crippen molar-refractivity contribution in [2.45, 2.75) is 25.8 Å². The van der Waals surface area contributed by atoms with Gasteiger partial charge in [0.1, 0.15) is 0 Å². The van der Waals surface area contributed by atoms with Crippen molar-refractivity contribution < 1.29 is 9.53 Å². The first-order valence-electron chi connectivity index (χ1n) is 5.63. The van der Waals surface area contributed by atoms with Crippen molar-refractivity contribution in [3.63, 3.8) is 0 Å². The minimum atomic E-state index is -0.141. The molecule has 0 aromatic heterocycles. The molecule has 0 spiro atoms. The lowest BCUT2D eigenvalue weighted by Crippen LogP contribution is -2.30. The number of hydrogen-bond acceptors (Lipinski definition) is 3. The summed E-state index contributed by atoms with van der Waals surface area (Å²) in [5.41, 5.74) is 1.23. The summed E-state index contributed by atoms with van der Waals surface area (Å²) < 4.78 is 4.93. The second-order valence-electron chi connectivity index (χ2n) is 3.68. The fraction of sp³-hybridized carbons (Fsp3) is 0.462. The molecule has 1 rings (SSSR count).